The molecule has 0 rings (SSSR count). The summed E-state index contributed by atoms with van der Waals surface area (Å²) >= 11 is 0. The Morgan fingerprint density at radius 2 is 1.81 bits per heavy atom. The lowest BCUT2D eigenvalue weighted by Gasteiger charge is -2.06. The molecule has 2 amide bonds. The molecule has 0 aliphatic carbocycles. The maximum atomic E-state index is 11.1. The Morgan fingerprint density at radius 3 is 2.38 bits per heavy atom. The highest BCUT2D eigenvalue weighted by Crippen LogP contribution is 1.86. The van der Waals surface area contributed by atoms with Crippen molar-refractivity contribution in [2.45, 2.75) is 26.2 Å². The molecule has 0 bridgehead atoms. The Balaban J connectivity index is 3.21. The molecule has 0 aromatic heterocycles. The van der Waals surface area contributed by atoms with Gasteiger partial charge >= 0.3 is 12.0 Å². The lowest BCUT2D eigenvalue weighted by Crippen LogP contribution is -2.36. The third-order valence-corrected chi connectivity index (χ3v) is 1.81. The highest BCUT2D eigenvalue weighted by atomic mass is 16.5. The van der Waals surface area contributed by atoms with Gasteiger partial charge in [-0.1, -0.05) is 0 Å². The number of carbonyl (C=O) groups excluding carboxylic acids is 1. The van der Waals surface area contributed by atoms with E-state index in [1.165, 1.54) is 0 Å². The second-order valence-corrected chi connectivity index (χ2v) is 3.23. The summed E-state index contributed by atoms with van der Waals surface area (Å²) in [6, 6.07) is -0.262. The standard InChI is InChI=1S/C10H20N2O4/c1-2-16-8-4-7-12-10(15)11-6-3-5-9(13)14/h2-8H2,1H3,(H,13,14)(H2,11,12,15). The summed E-state index contributed by atoms with van der Waals surface area (Å²) in [4.78, 5) is 21.3. The van der Waals surface area contributed by atoms with Crippen LogP contribution < -0.4 is 10.6 Å². The molecule has 6 heteroatoms. The lowest BCUT2D eigenvalue weighted by atomic mass is 10.3. The highest BCUT2D eigenvalue weighted by Gasteiger charge is 2.00. The van der Waals surface area contributed by atoms with Gasteiger partial charge in [-0.05, 0) is 19.8 Å². The molecule has 0 unspecified atom stereocenters. The summed E-state index contributed by atoms with van der Waals surface area (Å²) in [5, 5.41) is 13.6. The third-order valence-electron chi connectivity index (χ3n) is 1.81. The number of ether oxygens (including phenoxy) is 1. The van der Waals surface area contributed by atoms with Crippen molar-refractivity contribution in [3.05, 3.63) is 0 Å². The minimum absolute atomic E-state index is 0.0740. The minimum Gasteiger partial charge on any atom is -0.481 e. The summed E-state index contributed by atoms with van der Waals surface area (Å²) in [7, 11) is 0. The molecule has 0 saturated heterocycles. The van der Waals surface area contributed by atoms with Gasteiger partial charge in [0.15, 0.2) is 0 Å². The van der Waals surface area contributed by atoms with Crippen LogP contribution in [0.25, 0.3) is 0 Å². The molecule has 0 radical (unpaired) electrons. The third kappa shape index (κ3) is 10.8. The Hall–Kier alpha value is -1.30. The number of rotatable bonds is 9. The number of carbonyl (C=O) groups is 2. The van der Waals surface area contributed by atoms with E-state index in [1.54, 1.807) is 0 Å². The van der Waals surface area contributed by atoms with Crippen molar-refractivity contribution in [3.8, 4) is 0 Å². The van der Waals surface area contributed by atoms with Crippen LogP contribution in [0.5, 0.6) is 0 Å². The average molecular weight is 232 g/mol. The molecule has 3 N–H and O–H groups in total. The second-order valence-electron chi connectivity index (χ2n) is 3.23. The van der Waals surface area contributed by atoms with Gasteiger partial charge in [-0.15, -0.1) is 0 Å². The van der Waals surface area contributed by atoms with Gasteiger partial charge in [-0.2, -0.15) is 0 Å². The zero-order valence-electron chi connectivity index (χ0n) is 9.62. The van der Waals surface area contributed by atoms with Crippen molar-refractivity contribution in [1.29, 1.82) is 0 Å². The highest BCUT2D eigenvalue weighted by molar-refractivity contribution is 5.73. The molecule has 94 valence electrons. The van der Waals surface area contributed by atoms with E-state index < -0.39 is 5.97 Å². The molecule has 0 aromatic carbocycles. The maximum absolute atomic E-state index is 11.1. The topological polar surface area (TPSA) is 87.7 Å². The van der Waals surface area contributed by atoms with E-state index in [9.17, 15) is 9.59 Å². The first-order valence-corrected chi connectivity index (χ1v) is 5.48. The van der Waals surface area contributed by atoms with Gasteiger partial charge in [0.1, 0.15) is 0 Å². The summed E-state index contributed by atoms with van der Waals surface area (Å²) in [5.41, 5.74) is 0. The fourth-order valence-electron chi connectivity index (χ4n) is 1.02. The average Bonchev–Trinajstić information content (AvgIpc) is 2.24. The number of hydrogen-bond donors (Lipinski definition) is 3. The van der Waals surface area contributed by atoms with Crippen molar-refractivity contribution in [2.24, 2.45) is 0 Å². The summed E-state index contributed by atoms with van der Waals surface area (Å²) < 4.78 is 5.10. The first-order valence-electron chi connectivity index (χ1n) is 5.48. The first-order chi connectivity index (χ1) is 7.66. The quantitative estimate of drug-likeness (QED) is 0.507. The van der Waals surface area contributed by atoms with E-state index in [-0.39, 0.29) is 12.5 Å². The maximum Gasteiger partial charge on any atom is 0.314 e. The van der Waals surface area contributed by atoms with Gasteiger partial charge in [0, 0.05) is 32.7 Å². The van der Waals surface area contributed by atoms with E-state index in [0.29, 0.717) is 32.7 Å². The van der Waals surface area contributed by atoms with Crippen molar-refractivity contribution >= 4 is 12.0 Å². The molecular formula is C10H20N2O4. The van der Waals surface area contributed by atoms with Crippen LogP contribution in [0.2, 0.25) is 0 Å². The van der Waals surface area contributed by atoms with Gasteiger partial charge in [-0.3, -0.25) is 4.79 Å². The molecule has 16 heavy (non-hydrogen) atoms. The van der Waals surface area contributed by atoms with Crippen molar-refractivity contribution in [3.63, 3.8) is 0 Å². The van der Waals surface area contributed by atoms with Gasteiger partial charge < -0.3 is 20.5 Å². The SMILES string of the molecule is CCOCCCNC(=O)NCCCC(=O)O. The van der Waals surface area contributed by atoms with Crippen molar-refractivity contribution in [1.82, 2.24) is 10.6 Å². The summed E-state index contributed by atoms with van der Waals surface area (Å²) in [5.74, 6) is -0.848. The van der Waals surface area contributed by atoms with E-state index in [0.717, 1.165) is 6.42 Å². The minimum atomic E-state index is -0.848. The molecule has 0 atom stereocenters. The number of nitrogens with one attached hydrogen (secondary N) is 2. The summed E-state index contributed by atoms with van der Waals surface area (Å²) in [6.45, 7) is 4.17. The van der Waals surface area contributed by atoms with Gasteiger partial charge in [0.2, 0.25) is 0 Å². The molecule has 0 saturated carbocycles. The van der Waals surface area contributed by atoms with Crippen LogP contribution in [-0.4, -0.2) is 43.4 Å². The smallest absolute Gasteiger partial charge is 0.314 e. The molecule has 0 aliphatic heterocycles. The Morgan fingerprint density at radius 1 is 1.19 bits per heavy atom. The second kappa shape index (κ2) is 10.2. The largest absolute Gasteiger partial charge is 0.481 e. The van der Waals surface area contributed by atoms with E-state index in [2.05, 4.69) is 10.6 Å². The van der Waals surface area contributed by atoms with Crippen LogP contribution in [0.1, 0.15) is 26.2 Å². The number of urea groups is 1. The van der Waals surface area contributed by atoms with Gasteiger partial charge in [0.25, 0.3) is 0 Å². The molecular weight excluding hydrogens is 212 g/mol. The molecule has 6 nitrogen and oxygen atoms in total. The lowest BCUT2D eigenvalue weighted by molar-refractivity contribution is -0.137. The Labute approximate surface area is 95.4 Å². The normalized spacial score (nSPS) is 9.81. The van der Waals surface area contributed by atoms with Crippen LogP contribution in [0.4, 0.5) is 4.79 Å². The van der Waals surface area contributed by atoms with Crippen molar-refractivity contribution in [2.75, 3.05) is 26.3 Å². The zero-order chi connectivity index (χ0) is 12.2. The number of hydrogen-bond acceptors (Lipinski definition) is 3. The molecule has 0 spiro atoms. The molecule has 0 aromatic rings. The fraction of sp³-hybridized carbons (Fsp3) is 0.800. The van der Waals surface area contributed by atoms with Crippen LogP contribution in [0.15, 0.2) is 0 Å². The number of carboxylic acid groups (broad SMARTS) is 1. The Bertz CT molecular complexity index is 209. The van der Waals surface area contributed by atoms with Gasteiger partial charge in [-0.25, -0.2) is 4.79 Å². The van der Waals surface area contributed by atoms with E-state index in [1.807, 2.05) is 6.92 Å². The predicted octanol–water partition coefficient (Wildman–Crippen LogP) is 0.577. The van der Waals surface area contributed by atoms with Crippen LogP contribution in [0, 0.1) is 0 Å². The van der Waals surface area contributed by atoms with E-state index >= 15 is 0 Å². The fourth-order valence-corrected chi connectivity index (χ4v) is 1.02. The van der Waals surface area contributed by atoms with Crippen LogP contribution >= 0.6 is 0 Å². The molecule has 0 heterocycles. The van der Waals surface area contributed by atoms with Crippen LogP contribution in [-0.2, 0) is 9.53 Å². The predicted molar refractivity (Wildman–Crippen MR) is 59.4 cm³/mol. The molecule has 0 fully saturated rings. The number of carboxylic acids is 1. The van der Waals surface area contributed by atoms with Crippen LogP contribution in [0.3, 0.4) is 0 Å². The summed E-state index contributed by atoms with van der Waals surface area (Å²) in [6.07, 6.45) is 1.29. The first kappa shape index (κ1) is 14.7. The monoisotopic (exact) mass is 232 g/mol. The Kier molecular flexibility index (Phi) is 9.39. The van der Waals surface area contributed by atoms with E-state index in [4.69, 9.17) is 9.84 Å². The zero-order valence-corrected chi connectivity index (χ0v) is 9.62. The van der Waals surface area contributed by atoms with Gasteiger partial charge in [0.05, 0.1) is 0 Å². The molecule has 0 aliphatic rings. The van der Waals surface area contributed by atoms with Crippen molar-refractivity contribution < 1.29 is 19.4 Å². The number of aliphatic carboxylic acids is 1. The number of amides is 2.